The Hall–Kier alpha value is -3.64. The van der Waals surface area contributed by atoms with E-state index in [1.54, 1.807) is 30.3 Å². The molecule has 0 aliphatic rings. The van der Waals surface area contributed by atoms with Crippen molar-refractivity contribution in [3.05, 3.63) is 89.9 Å². The average Bonchev–Trinajstić information content (AvgIpc) is 3.24. The highest BCUT2D eigenvalue weighted by atomic mass is 19.1. The summed E-state index contributed by atoms with van der Waals surface area (Å²) in [4.78, 5) is 13.0. The van der Waals surface area contributed by atoms with Gasteiger partial charge in [0.1, 0.15) is 0 Å². The van der Waals surface area contributed by atoms with Crippen LogP contribution in [0.5, 0.6) is 5.75 Å². The van der Waals surface area contributed by atoms with E-state index in [1.807, 2.05) is 18.2 Å². The number of aromatic nitrogens is 1. The van der Waals surface area contributed by atoms with Crippen LogP contribution in [0.25, 0.3) is 22.0 Å². The molecule has 0 saturated heterocycles. The van der Waals surface area contributed by atoms with Crippen LogP contribution in [0.4, 0.5) is 4.39 Å². The second-order valence-corrected chi connectivity index (χ2v) is 8.71. The number of rotatable bonds is 10. The van der Waals surface area contributed by atoms with E-state index in [4.69, 9.17) is 4.74 Å². The van der Waals surface area contributed by atoms with E-state index in [2.05, 4.69) is 35.1 Å². The second-order valence-electron chi connectivity index (χ2n) is 8.71. The molecule has 1 heterocycles. The molecule has 4 rings (SSSR count). The van der Waals surface area contributed by atoms with Crippen LogP contribution in [0.15, 0.2) is 72.9 Å². The molecule has 6 heteroatoms. The van der Waals surface area contributed by atoms with Gasteiger partial charge in [-0.2, -0.15) is 0 Å². The van der Waals surface area contributed by atoms with Gasteiger partial charge in [0.15, 0.2) is 11.6 Å². The van der Waals surface area contributed by atoms with Gasteiger partial charge < -0.3 is 19.7 Å². The first-order valence-corrected chi connectivity index (χ1v) is 12.0. The number of aliphatic hydroxyl groups excluding tert-OH is 1. The zero-order valence-corrected chi connectivity index (χ0v) is 20.1. The third-order valence-corrected chi connectivity index (χ3v) is 6.26. The predicted octanol–water partition coefficient (Wildman–Crippen LogP) is 5.59. The van der Waals surface area contributed by atoms with Crippen LogP contribution in [-0.4, -0.2) is 35.3 Å². The highest BCUT2D eigenvalue weighted by Gasteiger charge is 2.17. The van der Waals surface area contributed by atoms with Crippen molar-refractivity contribution in [3.63, 3.8) is 0 Å². The SMILES string of the molecule is CCCCn1cc(C[C@H](CO)NC(=O)c2cccc(-c3ccc(OC)c(F)c3)c2)c2ccccc21. The van der Waals surface area contributed by atoms with Crippen molar-refractivity contribution in [1.29, 1.82) is 0 Å². The zero-order valence-electron chi connectivity index (χ0n) is 20.1. The molecule has 0 aliphatic carbocycles. The smallest absolute Gasteiger partial charge is 0.251 e. The monoisotopic (exact) mass is 474 g/mol. The Morgan fingerprint density at radius 3 is 2.63 bits per heavy atom. The number of benzene rings is 3. The van der Waals surface area contributed by atoms with Gasteiger partial charge >= 0.3 is 0 Å². The number of nitrogens with one attached hydrogen (secondary N) is 1. The maximum atomic E-state index is 14.2. The Kier molecular flexibility index (Phi) is 7.83. The van der Waals surface area contributed by atoms with E-state index in [0.29, 0.717) is 17.5 Å². The molecule has 0 saturated carbocycles. The number of aryl methyl sites for hydroxylation is 1. The number of ether oxygens (including phenoxy) is 1. The fraction of sp³-hybridized carbons (Fsp3) is 0.276. The van der Waals surface area contributed by atoms with Gasteiger partial charge in [0.25, 0.3) is 5.91 Å². The molecule has 0 fully saturated rings. The number of halogens is 1. The molecule has 2 N–H and O–H groups in total. The van der Waals surface area contributed by atoms with E-state index < -0.39 is 11.9 Å². The summed E-state index contributed by atoms with van der Waals surface area (Å²) in [5, 5.41) is 14.1. The summed E-state index contributed by atoms with van der Waals surface area (Å²) in [5.74, 6) is -0.572. The molecule has 1 amide bonds. The topological polar surface area (TPSA) is 63.5 Å². The molecule has 4 aromatic rings. The average molecular weight is 475 g/mol. The summed E-state index contributed by atoms with van der Waals surface area (Å²) in [6.45, 7) is 2.93. The lowest BCUT2D eigenvalue weighted by molar-refractivity contribution is 0.0916. The van der Waals surface area contributed by atoms with Crippen LogP contribution in [0.3, 0.4) is 0 Å². The van der Waals surface area contributed by atoms with Crippen LogP contribution in [0.2, 0.25) is 0 Å². The van der Waals surface area contributed by atoms with Gasteiger partial charge in [0.05, 0.1) is 19.8 Å². The van der Waals surface area contributed by atoms with E-state index in [9.17, 15) is 14.3 Å². The number of hydrogen-bond acceptors (Lipinski definition) is 3. The van der Waals surface area contributed by atoms with Gasteiger partial charge in [-0.25, -0.2) is 4.39 Å². The maximum absolute atomic E-state index is 14.2. The highest BCUT2D eigenvalue weighted by molar-refractivity contribution is 5.95. The van der Waals surface area contributed by atoms with Crippen molar-refractivity contribution in [3.8, 4) is 16.9 Å². The zero-order chi connectivity index (χ0) is 24.8. The van der Waals surface area contributed by atoms with E-state index >= 15 is 0 Å². The highest BCUT2D eigenvalue weighted by Crippen LogP contribution is 2.27. The Morgan fingerprint density at radius 2 is 1.89 bits per heavy atom. The molecular formula is C29H31FN2O3. The predicted molar refractivity (Wildman–Crippen MR) is 137 cm³/mol. The first-order valence-electron chi connectivity index (χ1n) is 12.0. The molecule has 0 radical (unpaired) electrons. The third-order valence-electron chi connectivity index (χ3n) is 6.26. The van der Waals surface area contributed by atoms with Gasteiger partial charge in [0.2, 0.25) is 0 Å². The quantitative estimate of drug-likeness (QED) is 0.315. The van der Waals surface area contributed by atoms with Gasteiger partial charge in [-0.3, -0.25) is 4.79 Å². The van der Waals surface area contributed by atoms with Crippen molar-refractivity contribution in [2.45, 2.75) is 38.8 Å². The number of carbonyl (C=O) groups is 1. The molecule has 0 bridgehead atoms. The normalized spacial score (nSPS) is 12.0. The van der Waals surface area contributed by atoms with E-state index in [-0.39, 0.29) is 18.3 Å². The van der Waals surface area contributed by atoms with Crippen molar-refractivity contribution >= 4 is 16.8 Å². The Balaban J connectivity index is 1.52. The minimum atomic E-state index is -0.460. The number of amides is 1. The van der Waals surface area contributed by atoms with Crippen molar-refractivity contribution in [1.82, 2.24) is 9.88 Å². The molecular weight excluding hydrogens is 443 g/mol. The second kappa shape index (κ2) is 11.2. The molecule has 35 heavy (non-hydrogen) atoms. The summed E-state index contributed by atoms with van der Waals surface area (Å²) in [6, 6.07) is 19.5. The standard InChI is InChI=1S/C29H31FN2O3/c1-3-4-14-32-18-23(25-10-5-6-11-27(25)32)16-24(19-33)31-29(34)22-9-7-8-20(15-22)21-12-13-28(35-2)26(30)17-21/h5-13,15,17-18,24,33H,3-4,14,16,19H2,1-2H3,(H,31,34)/t24-/m1/s1. The summed E-state index contributed by atoms with van der Waals surface area (Å²) >= 11 is 0. The Morgan fingerprint density at radius 1 is 1.09 bits per heavy atom. The third kappa shape index (κ3) is 5.54. The number of aliphatic hydroxyl groups is 1. The Bertz CT molecular complexity index is 1310. The number of unbranched alkanes of at least 4 members (excludes halogenated alkanes) is 1. The summed E-state index contributed by atoms with van der Waals surface area (Å²) in [5.41, 5.74) is 4.08. The maximum Gasteiger partial charge on any atom is 0.251 e. The van der Waals surface area contributed by atoms with E-state index in [0.717, 1.165) is 35.9 Å². The first-order chi connectivity index (χ1) is 17.0. The lowest BCUT2D eigenvalue weighted by Gasteiger charge is -2.16. The number of para-hydroxylation sites is 1. The fourth-order valence-corrected chi connectivity index (χ4v) is 4.38. The van der Waals surface area contributed by atoms with Crippen molar-refractivity contribution in [2.24, 2.45) is 0 Å². The molecule has 5 nitrogen and oxygen atoms in total. The minimum Gasteiger partial charge on any atom is -0.494 e. The lowest BCUT2D eigenvalue weighted by atomic mass is 10.0. The molecule has 0 aliphatic heterocycles. The van der Waals surface area contributed by atoms with Crippen LogP contribution in [-0.2, 0) is 13.0 Å². The van der Waals surface area contributed by atoms with Crippen molar-refractivity contribution < 1.29 is 19.0 Å². The number of carbonyl (C=O) groups excluding carboxylic acids is 1. The number of nitrogens with zero attached hydrogens (tertiary/aromatic N) is 1. The summed E-state index contributed by atoms with van der Waals surface area (Å²) in [6.07, 6.45) is 4.85. The van der Waals surface area contributed by atoms with Crippen LogP contribution < -0.4 is 10.1 Å². The first kappa shape index (κ1) is 24.5. The number of methoxy groups -OCH3 is 1. The van der Waals surface area contributed by atoms with E-state index in [1.165, 1.54) is 18.7 Å². The van der Waals surface area contributed by atoms with Gasteiger partial charge in [-0.1, -0.05) is 49.7 Å². The summed E-state index contributed by atoms with van der Waals surface area (Å²) in [7, 11) is 1.42. The number of fused-ring (bicyclic) bond motifs is 1. The summed E-state index contributed by atoms with van der Waals surface area (Å²) < 4.78 is 21.4. The van der Waals surface area contributed by atoms with Gasteiger partial charge in [-0.05, 0) is 59.9 Å². The minimum absolute atomic E-state index is 0.171. The van der Waals surface area contributed by atoms with Crippen LogP contribution in [0.1, 0.15) is 35.7 Å². The molecule has 3 aromatic carbocycles. The lowest BCUT2D eigenvalue weighted by Crippen LogP contribution is -2.39. The van der Waals surface area contributed by atoms with Crippen LogP contribution >= 0.6 is 0 Å². The number of hydrogen-bond donors (Lipinski definition) is 2. The molecule has 1 aromatic heterocycles. The molecule has 182 valence electrons. The largest absolute Gasteiger partial charge is 0.494 e. The Labute approximate surface area is 205 Å². The fourth-order valence-electron chi connectivity index (χ4n) is 4.38. The van der Waals surface area contributed by atoms with Gasteiger partial charge in [0, 0.05) is 29.2 Å². The molecule has 1 atom stereocenters. The molecule has 0 spiro atoms. The van der Waals surface area contributed by atoms with Gasteiger partial charge in [-0.15, -0.1) is 0 Å². The van der Waals surface area contributed by atoms with Crippen LogP contribution in [0, 0.1) is 5.82 Å². The molecule has 0 unspecified atom stereocenters. The van der Waals surface area contributed by atoms with Crippen molar-refractivity contribution in [2.75, 3.05) is 13.7 Å².